The molecule has 0 bridgehead atoms. The molecule has 0 N–H and O–H groups in total. The lowest BCUT2D eigenvalue weighted by Gasteiger charge is -2.19. The zero-order valence-electron chi connectivity index (χ0n) is 12.5. The van der Waals surface area contributed by atoms with Crippen LogP contribution < -0.4 is 0 Å². The second-order valence-corrected chi connectivity index (χ2v) is 12.3. The lowest BCUT2D eigenvalue weighted by molar-refractivity contribution is -0.144. The van der Waals surface area contributed by atoms with Crippen LogP contribution in [0.15, 0.2) is 0 Å². The molecule has 1 heterocycles. The first-order valence-electron chi connectivity index (χ1n) is 7.10. The molecule has 1 rings (SSSR count). The maximum absolute atomic E-state index is 12.2. The molecule has 0 unspecified atom stereocenters. The Morgan fingerprint density at radius 2 is 2.00 bits per heavy atom. The van der Waals surface area contributed by atoms with Crippen LogP contribution in [0.1, 0.15) is 39.5 Å². The highest BCUT2D eigenvalue weighted by Gasteiger charge is 2.40. The van der Waals surface area contributed by atoms with E-state index in [0.717, 1.165) is 25.7 Å². The van der Waals surface area contributed by atoms with Crippen molar-refractivity contribution in [2.45, 2.75) is 71.3 Å². The zero-order valence-corrected chi connectivity index (χ0v) is 13.5. The molecule has 0 aromatic rings. The van der Waals surface area contributed by atoms with E-state index in [1.807, 2.05) is 0 Å². The maximum atomic E-state index is 12.2. The van der Waals surface area contributed by atoms with E-state index in [2.05, 4.69) is 26.6 Å². The first-order chi connectivity index (χ1) is 8.26. The van der Waals surface area contributed by atoms with Gasteiger partial charge >= 0.3 is 0 Å². The Labute approximate surface area is 112 Å². The molecule has 1 aliphatic heterocycles. The largest absolute Gasteiger partial charge is 0.280 e. The van der Waals surface area contributed by atoms with Gasteiger partial charge in [0, 0.05) is 27.0 Å². The molecule has 1 saturated heterocycles. The van der Waals surface area contributed by atoms with E-state index in [4.69, 9.17) is 0 Å². The van der Waals surface area contributed by atoms with Gasteiger partial charge in [0.1, 0.15) is 0 Å². The Morgan fingerprint density at radius 1 is 1.39 bits per heavy atom. The van der Waals surface area contributed by atoms with Crippen LogP contribution in [-0.4, -0.2) is 30.8 Å². The number of amides is 2. The summed E-state index contributed by atoms with van der Waals surface area (Å²) in [6.45, 7) is 10.6. The summed E-state index contributed by atoms with van der Waals surface area (Å²) in [5.41, 5.74) is 0. The second-order valence-electron chi connectivity index (χ2n) is 6.67. The molecule has 0 radical (unpaired) electrons. The minimum absolute atomic E-state index is 0.0740. The molecule has 0 aliphatic carbocycles. The molecule has 2 atom stereocenters. The number of hydrogen-bond acceptors (Lipinski definition) is 2. The van der Waals surface area contributed by atoms with E-state index in [1.165, 1.54) is 17.9 Å². The highest BCUT2D eigenvalue weighted by molar-refractivity contribution is 6.76. The summed E-state index contributed by atoms with van der Waals surface area (Å²) in [6.07, 6.45) is 3.86. The molecule has 0 saturated carbocycles. The van der Waals surface area contributed by atoms with Gasteiger partial charge in [0.15, 0.2) is 0 Å². The van der Waals surface area contributed by atoms with Crippen molar-refractivity contribution in [2.24, 2.45) is 5.92 Å². The summed E-state index contributed by atoms with van der Waals surface area (Å²) in [4.78, 5) is 25.2. The Balaban J connectivity index is 2.54. The zero-order chi connectivity index (χ0) is 13.9. The lowest BCUT2D eigenvalue weighted by atomic mass is 9.99. The Morgan fingerprint density at radius 3 is 2.39 bits per heavy atom. The summed E-state index contributed by atoms with van der Waals surface area (Å²) < 4.78 is 0. The van der Waals surface area contributed by atoms with Gasteiger partial charge in [-0.05, 0) is 19.3 Å². The molecule has 4 heteroatoms. The first kappa shape index (κ1) is 15.4. The average molecular weight is 269 g/mol. The van der Waals surface area contributed by atoms with Gasteiger partial charge < -0.3 is 0 Å². The van der Waals surface area contributed by atoms with Crippen molar-refractivity contribution in [3.63, 3.8) is 0 Å². The summed E-state index contributed by atoms with van der Waals surface area (Å²) in [7, 11) is -1.01. The molecule has 2 amide bonds. The molecular formula is C14H27NO2Si. The Bertz CT molecular complexity index is 322. The van der Waals surface area contributed by atoms with Gasteiger partial charge in [0.25, 0.3) is 0 Å². The predicted molar refractivity (Wildman–Crippen MR) is 77.1 cm³/mol. The fraction of sp³-hybridized carbons (Fsp3) is 0.857. The number of carbonyl (C=O) groups is 2. The molecule has 1 fully saturated rings. The monoisotopic (exact) mass is 269 g/mol. The van der Waals surface area contributed by atoms with Crippen molar-refractivity contribution in [1.29, 1.82) is 0 Å². The molecular weight excluding hydrogens is 242 g/mol. The van der Waals surface area contributed by atoms with E-state index in [9.17, 15) is 9.59 Å². The molecule has 104 valence electrons. The quantitative estimate of drug-likeness (QED) is 0.718. The van der Waals surface area contributed by atoms with Crippen LogP contribution in [0.4, 0.5) is 0 Å². The molecule has 0 aromatic carbocycles. The maximum Gasteiger partial charge on any atom is 0.232 e. The lowest BCUT2D eigenvalue weighted by Crippen LogP contribution is -2.37. The average Bonchev–Trinajstić information content (AvgIpc) is 2.54. The predicted octanol–water partition coefficient (Wildman–Crippen LogP) is 3.28. The van der Waals surface area contributed by atoms with Crippen LogP contribution in [0.2, 0.25) is 25.7 Å². The van der Waals surface area contributed by atoms with E-state index >= 15 is 0 Å². The number of nitrogens with zero attached hydrogens (tertiary/aromatic N) is 1. The summed E-state index contributed by atoms with van der Waals surface area (Å²) >= 11 is 0. The van der Waals surface area contributed by atoms with Crippen molar-refractivity contribution in [1.82, 2.24) is 4.90 Å². The third-order valence-corrected chi connectivity index (χ3v) is 5.65. The summed E-state index contributed by atoms with van der Waals surface area (Å²) in [5, 5.41) is 0. The van der Waals surface area contributed by atoms with E-state index in [0.29, 0.717) is 0 Å². The number of rotatable bonds is 5. The SMILES string of the molecule is CC[C@H]1C[C@@H](CCC[Si](C)(C)C)C(=O)N1C(C)=O. The van der Waals surface area contributed by atoms with Gasteiger partial charge in [-0.15, -0.1) is 0 Å². The van der Waals surface area contributed by atoms with Crippen molar-refractivity contribution in [3.05, 3.63) is 0 Å². The van der Waals surface area contributed by atoms with Gasteiger partial charge in [-0.1, -0.05) is 39.0 Å². The minimum atomic E-state index is -1.01. The van der Waals surface area contributed by atoms with Gasteiger partial charge in [-0.3, -0.25) is 14.5 Å². The van der Waals surface area contributed by atoms with Crippen LogP contribution in [0, 0.1) is 5.92 Å². The fourth-order valence-electron chi connectivity index (χ4n) is 2.79. The standard InChI is InChI=1S/C14H27NO2Si/c1-6-13-10-12(8-7-9-18(3,4)5)14(17)15(13)11(2)16/h12-13H,6-10H2,1-5H3/t12-,13+/m1/s1. The van der Waals surface area contributed by atoms with Crippen LogP contribution in [0.5, 0.6) is 0 Å². The number of carbonyl (C=O) groups excluding carboxylic acids is 2. The summed E-state index contributed by atoms with van der Waals surface area (Å²) in [6, 6.07) is 1.42. The van der Waals surface area contributed by atoms with Gasteiger partial charge in [0.2, 0.25) is 11.8 Å². The van der Waals surface area contributed by atoms with Gasteiger partial charge in [-0.25, -0.2) is 0 Å². The van der Waals surface area contributed by atoms with Crippen LogP contribution in [-0.2, 0) is 9.59 Å². The molecule has 18 heavy (non-hydrogen) atoms. The van der Waals surface area contributed by atoms with Gasteiger partial charge in [-0.2, -0.15) is 0 Å². The smallest absolute Gasteiger partial charge is 0.232 e. The van der Waals surface area contributed by atoms with Crippen molar-refractivity contribution in [2.75, 3.05) is 0 Å². The van der Waals surface area contributed by atoms with E-state index < -0.39 is 8.07 Å². The third kappa shape index (κ3) is 3.94. The Hall–Kier alpha value is -0.643. The molecule has 3 nitrogen and oxygen atoms in total. The Kier molecular flexibility index (Phi) is 5.14. The normalized spacial score (nSPS) is 24.7. The topological polar surface area (TPSA) is 37.4 Å². The summed E-state index contributed by atoms with van der Waals surface area (Å²) in [5.74, 6) is 0.0830. The number of likely N-dealkylation sites (tertiary alicyclic amines) is 1. The number of imide groups is 1. The molecule has 0 aromatic heterocycles. The minimum Gasteiger partial charge on any atom is -0.280 e. The highest BCUT2D eigenvalue weighted by Crippen LogP contribution is 2.31. The van der Waals surface area contributed by atoms with Gasteiger partial charge in [0.05, 0.1) is 0 Å². The van der Waals surface area contributed by atoms with Crippen LogP contribution in [0.3, 0.4) is 0 Å². The second kappa shape index (κ2) is 6.00. The van der Waals surface area contributed by atoms with E-state index in [-0.39, 0.29) is 23.8 Å². The highest BCUT2D eigenvalue weighted by atomic mass is 28.3. The molecule has 1 aliphatic rings. The van der Waals surface area contributed by atoms with Crippen LogP contribution in [0.25, 0.3) is 0 Å². The molecule has 0 spiro atoms. The first-order valence-corrected chi connectivity index (χ1v) is 10.8. The number of hydrogen-bond donors (Lipinski definition) is 0. The van der Waals surface area contributed by atoms with Crippen LogP contribution >= 0.6 is 0 Å². The van der Waals surface area contributed by atoms with Crippen molar-refractivity contribution < 1.29 is 9.59 Å². The van der Waals surface area contributed by atoms with Crippen molar-refractivity contribution >= 4 is 19.9 Å². The van der Waals surface area contributed by atoms with Crippen molar-refractivity contribution in [3.8, 4) is 0 Å². The van der Waals surface area contributed by atoms with E-state index in [1.54, 1.807) is 0 Å². The third-order valence-electron chi connectivity index (χ3n) is 3.80. The fourth-order valence-corrected chi connectivity index (χ4v) is 4.06.